The fraction of sp³-hybridized carbons (Fsp3) is 0.600. The van der Waals surface area contributed by atoms with Gasteiger partial charge < -0.3 is 15.4 Å². The summed E-state index contributed by atoms with van der Waals surface area (Å²) in [5, 5.41) is 0. The molecule has 0 aromatic heterocycles. The highest BCUT2D eigenvalue weighted by atomic mass is 16.5. The van der Waals surface area contributed by atoms with E-state index < -0.39 is 0 Å². The van der Waals surface area contributed by atoms with Gasteiger partial charge in [-0.15, -0.1) is 0 Å². The molecule has 0 bridgehead atoms. The summed E-state index contributed by atoms with van der Waals surface area (Å²) >= 11 is 0. The average molecular weight is 250 g/mol. The van der Waals surface area contributed by atoms with Gasteiger partial charge in [0.2, 0.25) is 0 Å². The van der Waals surface area contributed by atoms with Crippen LogP contribution in [0.3, 0.4) is 0 Å². The van der Waals surface area contributed by atoms with E-state index in [1.165, 1.54) is 0 Å². The molecular formula is C15H26N2O. The lowest BCUT2D eigenvalue weighted by Crippen LogP contribution is -2.47. The molecule has 2 N–H and O–H groups in total. The summed E-state index contributed by atoms with van der Waals surface area (Å²) in [5.41, 5.74) is 7.38. The lowest BCUT2D eigenvalue weighted by molar-refractivity contribution is 0.156. The quantitative estimate of drug-likeness (QED) is 0.843. The predicted molar refractivity (Wildman–Crippen MR) is 76.9 cm³/mol. The Kier molecular flexibility index (Phi) is 5.17. The van der Waals surface area contributed by atoms with Crippen molar-refractivity contribution in [1.82, 2.24) is 4.90 Å². The Balaban J connectivity index is 3.01. The van der Waals surface area contributed by atoms with Crippen LogP contribution in [0.25, 0.3) is 0 Å². The maximum Gasteiger partial charge on any atom is 0.124 e. The molecule has 0 aliphatic rings. The number of hydrogen-bond donors (Lipinski definition) is 1. The molecule has 0 amide bonds. The van der Waals surface area contributed by atoms with Crippen LogP contribution in [0.5, 0.6) is 5.75 Å². The van der Waals surface area contributed by atoms with Crippen molar-refractivity contribution in [2.24, 2.45) is 5.73 Å². The fourth-order valence-electron chi connectivity index (χ4n) is 1.74. The van der Waals surface area contributed by atoms with Gasteiger partial charge in [-0.25, -0.2) is 0 Å². The van der Waals surface area contributed by atoms with E-state index in [9.17, 15) is 0 Å². The Bertz CT molecular complexity index is 375. The largest absolute Gasteiger partial charge is 0.493 e. The molecule has 0 aliphatic carbocycles. The number of nitrogens with two attached hydrogens (primary N) is 1. The minimum absolute atomic E-state index is 0.0828. The third-order valence-corrected chi connectivity index (χ3v) is 3.63. The summed E-state index contributed by atoms with van der Waals surface area (Å²) in [4.78, 5) is 2.15. The first-order valence-electron chi connectivity index (χ1n) is 6.56. The smallest absolute Gasteiger partial charge is 0.124 e. The molecule has 0 saturated carbocycles. The van der Waals surface area contributed by atoms with Crippen LogP contribution in [0.15, 0.2) is 24.3 Å². The van der Waals surface area contributed by atoms with Gasteiger partial charge in [0.1, 0.15) is 5.75 Å². The maximum atomic E-state index is 6.42. The molecule has 3 heteroatoms. The van der Waals surface area contributed by atoms with E-state index in [1.807, 2.05) is 18.2 Å². The number of hydrogen-bond acceptors (Lipinski definition) is 3. The Hall–Kier alpha value is -1.06. The Morgan fingerprint density at radius 3 is 2.44 bits per heavy atom. The SMILES string of the molecule is CCCOc1ccccc1C(N)C(C)(C)N(C)C. The highest BCUT2D eigenvalue weighted by Gasteiger charge is 2.31. The first-order chi connectivity index (χ1) is 8.41. The average Bonchev–Trinajstić information content (AvgIpc) is 2.35. The van der Waals surface area contributed by atoms with Crippen LogP contribution in [-0.4, -0.2) is 31.1 Å². The zero-order chi connectivity index (χ0) is 13.8. The highest BCUT2D eigenvalue weighted by Crippen LogP contribution is 2.32. The second-order valence-electron chi connectivity index (χ2n) is 5.41. The minimum atomic E-state index is -0.119. The van der Waals surface area contributed by atoms with E-state index >= 15 is 0 Å². The fourth-order valence-corrected chi connectivity index (χ4v) is 1.74. The van der Waals surface area contributed by atoms with Gasteiger partial charge in [-0.1, -0.05) is 25.1 Å². The maximum absolute atomic E-state index is 6.42. The summed E-state index contributed by atoms with van der Waals surface area (Å²) in [6, 6.07) is 7.97. The van der Waals surface area contributed by atoms with E-state index in [2.05, 4.69) is 45.8 Å². The normalized spacial score (nSPS) is 13.7. The van der Waals surface area contributed by atoms with Gasteiger partial charge in [-0.05, 0) is 40.4 Å². The summed E-state index contributed by atoms with van der Waals surface area (Å²) < 4.78 is 5.78. The first kappa shape index (κ1) is 15.0. The van der Waals surface area contributed by atoms with Crippen LogP contribution in [0, 0.1) is 0 Å². The van der Waals surface area contributed by atoms with E-state index in [0.29, 0.717) is 0 Å². The molecule has 1 aromatic carbocycles. The molecule has 0 aliphatic heterocycles. The molecule has 0 radical (unpaired) electrons. The molecule has 0 spiro atoms. The van der Waals surface area contributed by atoms with Crippen molar-refractivity contribution < 1.29 is 4.74 Å². The molecule has 0 heterocycles. The first-order valence-corrected chi connectivity index (χ1v) is 6.56. The molecule has 1 unspecified atom stereocenters. The zero-order valence-electron chi connectivity index (χ0n) is 12.2. The summed E-state index contributed by atoms with van der Waals surface area (Å²) in [7, 11) is 4.10. The third kappa shape index (κ3) is 3.24. The summed E-state index contributed by atoms with van der Waals surface area (Å²) in [6.07, 6.45) is 1.00. The van der Waals surface area contributed by atoms with Crippen molar-refractivity contribution >= 4 is 0 Å². The molecular weight excluding hydrogens is 224 g/mol. The molecule has 1 aromatic rings. The van der Waals surface area contributed by atoms with E-state index in [0.717, 1.165) is 24.3 Å². The molecule has 3 nitrogen and oxygen atoms in total. The zero-order valence-corrected chi connectivity index (χ0v) is 12.2. The number of benzene rings is 1. The van der Waals surface area contributed by atoms with Crippen molar-refractivity contribution in [3.05, 3.63) is 29.8 Å². The van der Waals surface area contributed by atoms with Gasteiger partial charge in [0.05, 0.1) is 12.6 Å². The lowest BCUT2D eigenvalue weighted by Gasteiger charge is -2.38. The number of nitrogens with zero attached hydrogens (tertiary/aromatic N) is 1. The third-order valence-electron chi connectivity index (χ3n) is 3.63. The van der Waals surface area contributed by atoms with Crippen molar-refractivity contribution in [3.63, 3.8) is 0 Å². The van der Waals surface area contributed by atoms with E-state index in [1.54, 1.807) is 0 Å². The molecule has 0 saturated heterocycles. The van der Waals surface area contributed by atoms with Crippen molar-refractivity contribution in [2.75, 3.05) is 20.7 Å². The second kappa shape index (κ2) is 6.21. The predicted octanol–water partition coefficient (Wildman–Crippen LogP) is 2.82. The molecule has 1 rings (SSSR count). The second-order valence-corrected chi connectivity index (χ2v) is 5.41. The standard InChI is InChI=1S/C15H26N2O/c1-6-11-18-13-10-8-7-9-12(13)14(16)15(2,3)17(4)5/h7-10,14H,6,11,16H2,1-5H3. The van der Waals surface area contributed by atoms with Gasteiger partial charge in [-0.2, -0.15) is 0 Å². The topological polar surface area (TPSA) is 38.5 Å². The van der Waals surface area contributed by atoms with Gasteiger partial charge in [0.15, 0.2) is 0 Å². The van der Waals surface area contributed by atoms with Crippen LogP contribution in [0.1, 0.15) is 38.8 Å². The molecule has 102 valence electrons. The van der Waals surface area contributed by atoms with Crippen molar-refractivity contribution in [3.8, 4) is 5.75 Å². The Morgan fingerprint density at radius 1 is 1.28 bits per heavy atom. The van der Waals surface area contributed by atoms with Crippen LogP contribution in [-0.2, 0) is 0 Å². The van der Waals surface area contributed by atoms with E-state index in [4.69, 9.17) is 10.5 Å². The Morgan fingerprint density at radius 2 is 1.89 bits per heavy atom. The van der Waals surface area contributed by atoms with Crippen LogP contribution < -0.4 is 10.5 Å². The van der Waals surface area contributed by atoms with E-state index in [-0.39, 0.29) is 11.6 Å². The van der Waals surface area contributed by atoms with Crippen LogP contribution in [0.2, 0.25) is 0 Å². The monoisotopic (exact) mass is 250 g/mol. The van der Waals surface area contributed by atoms with Gasteiger partial charge in [-0.3, -0.25) is 0 Å². The van der Waals surface area contributed by atoms with Crippen LogP contribution in [0.4, 0.5) is 0 Å². The number of para-hydroxylation sites is 1. The minimum Gasteiger partial charge on any atom is -0.493 e. The summed E-state index contributed by atoms with van der Waals surface area (Å²) in [5.74, 6) is 0.904. The van der Waals surface area contributed by atoms with Gasteiger partial charge in [0, 0.05) is 11.1 Å². The molecule has 18 heavy (non-hydrogen) atoms. The number of likely N-dealkylation sites (N-methyl/N-ethyl adjacent to an activating group) is 1. The van der Waals surface area contributed by atoms with Crippen molar-refractivity contribution in [1.29, 1.82) is 0 Å². The van der Waals surface area contributed by atoms with Gasteiger partial charge >= 0.3 is 0 Å². The molecule has 0 fully saturated rings. The summed E-state index contributed by atoms with van der Waals surface area (Å²) in [6.45, 7) is 7.13. The number of ether oxygens (including phenoxy) is 1. The molecule has 1 atom stereocenters. The number of rotatable bonds is 6. The Labute approximate surface area is 111 Å². The lowest BCUT2D eigenvalue weighted by atomic mass is 9.88. The van der Waals surface area contributed by atoms with Gasteiger partial charge in [0.25, 0.3) is 0 Å². The van der Waals surface area contributed by atoms with Crippen LogP contribution >= 0.6 is 0 Å². The highest BCUT2D eigenvalue weighted by molar-refractivity contribution is 5.37. The van der Waals surface area contributed by atoms with Crippen molar-refractivity contribution in [2.45, 2.75) is 38.8 Å².